The van der Waals surface area contributed by atoms with E-state index in [0.29, 0.717) is 24.2 Å². The van der Waals surface area contributed by atoms with Gasteiger partial charge in [0.05, 0.1) is 0 Å². The molecule has 0 aliphatic rings. The van der Waals surface area contributed by atoms with Gasteiger partial charge in [-0.1, -0.05) is 81.4 Å². The lowest BCUT2D eigenvalue weighted by molar-refractivity contribution is -0.141. The molecular formula is C31H39N3O4. The smallest absolute Gasteiger partial charge is 0.408 e. The fourth-order valence-corrected chi connectivity index (χ4v) is 4.32. The van der Waals surface area contributed by atoms with Gasteiger partial charge < -0.3 is 20.3 Å². The molecule has 0 fully saturated rings. The Bertz CT molecular complexity index is 1250. The van der Waals surface area contributed by atoms with E-state index in [2.05, 4.69) is 10.6 Å². The summed E-state index contributed by atoms with van der Waals surface area (Å²) in [7, 11) is 0. The van der Waals surface area contributed by atoms with Gasteiger partial charge in [-0.15, -0.1) is 0 Å². The molecule has 3 aromatic rings. The average molecular weight is 518 g/mol. The number of amides is 3. The monoisotopic (exact) mass is 517 g/mol. The van der Waals surface area contributed by atoms with Gasteiger partial charge in [0.1, 0.15) is 17.7 Å². The summed E-state index contributed by atoms with van der Waals surface area (Å²) in [6.07, 6.45) is -0.0341. The molecular weight excluding hydrogens is 478 g/mol. The standard InChI is InChI=1S/C31H39N3O4/c1-7-19-34(29(36)26(21(2)3)33-30(37)38-31(4,5)6)27(23-14-9-8-10-15-23)28(35)32-25-18-17-22-13-11-12-16-24(22)20-25/h8-18,20-21,26-27H,7,19H2,1-6H3,(H,32,35)(H,33,37). The van der Waals surface area contributed by atoms with E-state index in [1.165, 1.54) is 0 Å². The maximum absolute atomic E-state index is 14.0. The van der Waals surface area contributed by atoms with Crippen LogP contribution in [0.1, 0.15) is 59.6 Å². The highest BCUT2D eigenvalue weighted by molar-refractivity contribution is 6.00. The van der Waals surface area contributed by atoms with Crippen LogP contribution in [-0.2, 0) is 14.3 Å². The van der Waals surface area contributed by atoms with Gasteiger partial charge in [0.25, 0.3) is 5.91 Å². The van der Waals surface area contributed by atoms with Crippen molar-refractivity contribution in [3.05, 3.63) is 78.4 Å². The zero-order valence-corrected chi connectivity index (χ0v) is 23.2. The van der Waals surface area contributed by atoms with E-state index >= 15 is 0 Å². The average Bonchev–Trinajstić information content (AvgIpc) is 2.86. The van der Waals surface area contributed by atoms with Crippen LogP contribution in [0, 0.1) is 5.92 Å². The number of hydrogen-bond acceptors (Lipinski definition) is 4. The Kier molecular flexibility index (Phi) is 9.50. The van der Waals surface area contributed by atoms with Crippen LogP contribution in [0.15, 0.2) is 72.8 Å². The van der Waals surface area contributed by atoms with Gasteiger partial charge in [-0.25, -0.2) is 4.79 Å². The Balaban J connectivity index is 1.95. The lowest BCUT2D eigenvalue weighted by Gasteiger charge is -2.35. The SMILES string of the molecule is CCCN(C(=O)C(NC(=O)OC(C)(C)C)C(C)C)C(C(=O)Nc1ccc2ccccc2c1)c1ccccc1. The summed E-state index contributed by atoms with van der Waals surface area (Å²) in [5, 5.41) is 7.84. The molecule has 202 valence electrons. The number of anilines is 1. The maximum Gasteiger partial charge on any atom is 0.408 e. The highest BCUT2D eigenvalue weighted by Gasteiger charge is 2.37. The summed E-state index contributed by atoms with van der Waals surface area (Å²) in [5.41, 5.74) is 0.627. The quantitative estimate of drug-likeness (QED) is 0.348. The van der Waals surface area contributed by atoms with Crippen molar-refractivity contribution in [3.63, 3.8) is 0 Å². The summed E-state index contributed by atoms with van der Waals surface area (Å²) >= 11 is 0. The highest BCUT2D eigenvalue weighted by Crippen LogP contribution is 2.27. The third kappa shape index (κ3) is 7.57. The second kappa shape index (κ2) is 12.6. The zero-order chi connectivity index (χ0) is 27.9. The van der Waals surface area contributed by atoms with E-state index in [0.717, 1.165) is 10.8 Å². The van der Waals surface area contributed by atoms with Crippen LogP contribution in [0.5, 0.6) is 0 Å². The van der Waals surface area contributed by atoms with Crippen molar-refractivity contribution in [1.82, 2.24) is 10.2 Å². The van der Waals surface area contributed by atoms with E-state index < -0.39 is 23.8 Å². The van der Waals surface area contributed by atoms with E-state index in [1.54, 1.807) is 25.7 Å². The zero-order valence-electron chi connectivity index (χ0n) is 23.2. The lowest BCUT2D eigenvalue weighted by Crippen LogP contribution is -2.54. The van der Waals surface area contributed by atoms with Crippen LogP contribution in [0.3, 0.4) is 0 Å². The normalized spacial score (nSPS) is 13.0. The van der Waals surface area contributed by atoms with Crippen molar-refractivity contribution in [3.8, 4) is 0 Å². The van der Waals surface area contributed by atoms with E-state index in [4.69, 9.17) is 4.74 Å². The first-order chi connectivity index (χ1) is 18.0. The largest absolute Gasteiger partial charge is 0.444 e. The molecule has 2 atom stereocenters. The third-order valence-corrected chi connectivity index (χ3v) is 6.04. The Hall–Kier alpha value is -3.87. The van der Waals surface area contributed by atoms with Gasteiger partial charge in [0.15, 0.2) is 0 Å². The van der Waals surface area contributed by atoms with Crippen molar-refractivity contribution in [2.45, 2.75) is 65.6 Å². The molecule has 0 aliphatic carbocycles. The molecule has 0 saturated carbocycles. The van der Waals surface area contributed by atoms with Crippen LogP contribution in [0.25, 0.3) is 10.8 Å². The molecule has 3 aromatic carbocycles. The number of rotatable bonds is 9. The summed E-state index contributed by atoms with van der Waals surface area (Å²) in [4.78, 5) is 42.0. The van der Waals surface area contributed by atoms with E-state index in [-0.39, 0.29) is 17.7 Å². The van der Waals surface area contributed by atoms with Crippen LogP contribution in [0.2, 0.25) is 0 Å². The molecule has 3 rings (SSSR count). The molecule has 0 bridgehead atoms. The number of ether oxygens (including phenoxy) is 1. The molecule has 0 aliphatic heterocycles. The second-order valence-corrected chi connectivity index (χ2v) is 10.8. The number of nitrogens with zero attached hydrogens (tertiary/aromatic N) is 1. The number of benzene rings is 3. The van der Waals surface area contributed by atoms with Gasteiger partial charge in [-0.05, 0) is 61.6 Å². The Morgan fingerprint density at radius 1 is 0.895 bits per heavy atom. The highest BCUT2D eigenvalue weighted by atomic mass is 16.6. The van der Waals surface area contributed by atoms with Crippen molar-refractivity contribution in [2.24, 2.45) is 5.92 Å². The molecule has 7 nitrogen and oxygen atoms in total. The van der Waals surface area contributed by atoms with Crippen LogP contribution < -0.4 is 10.6 Å². The van der Waals surface area contributed by atoms with Crippen LogP contribution in [0.4, 0.5) is 10.5 Å². The van der Waals surface area contributed by atoms with Crippen molar-refractivity contribution in [1.29, 1.82) is 0 Å². The molecule has 0 saturated heterocycles. The fraction of sp³-hybridized carbons (Fsp3) is 0.387. The van der Waals surface area contributed by atoms with Crippen molar-refractivity contribution in [2.75, 3.05) is 11.9 Å². The molecule has 38 heavy (non-hydrogen) atoms. The fourth-order valence-electron chi connectivity index (χ4n) is 4.32. The molecule has 0 heterocycles. The maximum atomic E-state index is 14.0. The number of hydrogen-bond donors (Lipinski definition) is 2. The summed E-state index contributed by atoms with van der Waals surface area (Å²) in [6, 6.07) is 21.1. The molecule has 7 heteroatoms. The van der Waals surface area contributed by atoms with E-state index in [9.17, 15) is 14.4 Å². The Labute approximate surface area is 225 Å². The van der Waals surface area contributed by atoms with Crippen LogP contribution >= 0.6 is 0 Å². The topological polar surface area (TPSA) is 87.7 Å². The first-order valence-corrected chi connectivity index (χ1v) is 13.1. The second-order valence-electron chi connectivity index (χ2n) is 10.8. The molecule has 0 aromatic heterocycles. The van der Waals surface area contributed by atoms with Gasteiger partial charge in [-0.3, -0.25) is 9.59 Å². The van der Waals surface area contributed by atoms with Crippen LogP contribution in [-0.4, -0.2) is 41.0 Å². The summed E-state index contributed by atoms with van der Waals surface area (Å²) in [6.45, 7) is 11.3. The summed E-state index contributed by atoms with van der Waals surface area (Å²) < 4.78 is 5.41. The molecule has 0 radical (unpaired) electrons. The minimum atomic E-state index is -0.892. The summed E-state index contributed by atoms with van der Waals surface area (Å²) in [5.74, 6) is -0.891. The predicted molar refractivity (Wildman–Crippen MR) is 152 cm³/mol. The van der Waals surface area contributed by atoms with Crippen molar-refractivity contribution >= 4 is 34.4 Å². The molecule has 3 amide bonds. The molecule has 2 N–H and O–H groups in total. The Morgan fingerprint density at radius 3 is 2.13 bits per heavy atom. The van der Waals surface area contributed by atoms with Gasteiger partial charge in [0.2, 0.25) is 5.91 Å². The molecule has 2 unspecified atom stereocenters. The number of nitrogens with one attached hydrogen (secondary N) is 2. The van der Waals surface area contributed by atoms with Gasteiger partial charge >= 0.3 is 6.09 Å². The number of alkyl carbamates (subject to hydrolysis) is 1. The Morgan fingerprint density at radius 2 is 1.53 bits per heavy atom. The predicted octanol–water partition coefficient (Wildman–Crippen LogP) is 6.31. The van der Waals surface area contributed by atoms with Crippen molar-refractivity contribution < 1.29 is 19.1 Å². The molecule has 0 spiro atoms. The lowest BCUT2D eigenvalue weighted by atomic mass is 9.98. The first kappa shape index (κ1) is 28.7. The van der Waals surface area contributed by atoms with E-state index in [1.807, 2.05) is 93.6 Å². The van der Waals surface area contributed by atoms with Gasteiger partial charge in [0, 0.05) is 12.2 Å². The third-order valence-electron chi connectivity index (χ3n) is 6.04. The minimum Gasteiger partial charge on any atom is -0.444 e. The number of carbonyl (C=O) groups excluding carboxylic acids is 3. The number of carbonyl (C=O) groups is 3. The first-order valence-electron chi connectivity index (χ1n) is 13.1. The minimum absolute atomic E-state index is 0.227. The van der Waals surface area contributed by atoms with Gasteiger partial charge in [-0.2, -0.15) is 0 Å². The number of fused-ring (bicyclic) bond motifs is 1.